The molecule has 0 aromatic rings. The lowest BCUT2D eigenvalue weighted by atomic mass is 10.1. The highest BCUT2D eigenvalue weighted by atomic mass is 16.6. The summed E-state index contributed by atoms with van der Waals surface area (Å²) in [6.07, 6.45) is 0. The molecule has 0 rings (SSSR count). The van der Waals surface area contributed by atoms with E-state index in [9.17, 15) is 9.59 Å². The molecule has 1 N–H and O–H groups in total. The van der Waals surface area contributed by atoms with E-state index in [1.165, 1.54) is 4.90 Å². The number of hydrogen-bond donors (Lipinski definition) is 1. The molecule has 0 heterocycles. The second-order valence-electron chi connectivity index (χ2n) is 5.64. The number of nitrogens with zero attached hydrogens (tertiary/aromatic N) is 1. The van der Waals surface area contributed by atoms with Gasteiger partial charge in [0, 0.05) is 26.6 Å². The summed E-state index contributed by atoms with van der Waals surface area (Å²) in [7, 11) is 3.37. The first-order valence-electron chi connectivity index (χ1n) is 8.24. The lowest BCUT2D eigenvalue weighted by Crippen LogP contribution is -2.36. The Labute approximate surface area is 144 Å². The number of ketones is 1. The number of carbonyl (C=O) groups is 2. The van der Waals surface area contributed by atoms with Gasteiger partial charge in [-0.1, -0.05) is 13.8 Å². The van der Waals surface area contributed by atoms with E-state index in [0.717, 1.165) is 0 Å². The summed E-state index contributed by atoms with van der Waals surface area (Å²) >= 11 is 0. The molecule has 2 amide bonds. The normalized spacial score (nSPS) is 10.9. The van der Waals surface area contributed by atoms with Crippen molar-refractivity contribution in [3.05, 3.63) is 0 Å². The molecule has 0 fully saturated rings. The Bertz CT molecular complexity index is 305. The predicted molar refractivity (Wildman–Crippen MR) is 90.2 cm³/mol. The van der Waals surface area contributed by atoms with E-state index in [-0.39, 0.29) is 24.3 Å². The zero-order valence-electron chi connectivity index (χ0n) is 15.3. The van der Waals surface area contributed by atoms with Crippen LogP contribution >= 0.6 is 0 Å². The van der Waals surface area contributed by atoms with Crippen LogP contribution in [0.3, 0.4) is 0 Å². The maximum atomic E-state index is 11.3. The quantitative estimate of drug-likeness (QED) is 0.435. The molecule has 142 valence electrons. The molecule has 0 bridgehead atoms. The second-order valence-corrected chi connectivity index (χ2v) is 5.64. The van der Waals surface area contributed by atoms with Crippen molar-refractivity contribution in [2.24, 2.45) is 5.92 Å². The fourth-order valence-electron chi connectivity index (χ4n) is 1.39. The van der Waals surface area contributed by atoms with Crippen LogP contribution in [0.1, 0.15) is 13.8 Å². The number of Topliss-reactive ketones (excluding diaryl/α,β-unsaturated/α-hetero) is 1. The Balaban J connectivity index is 3.15. The van der Waals surface area contributed by atoms with Gasteiger partial charge in [-0.3, -0.25) is 4.79 Å². The number of rotatable bonds is 15. The number of amides is 2. The molecular weight excluding hydrogens is 316 g/mol. The molecular formula is C16H32N2O6. The molecule has 24 heavy (non-hydrogen) atoms. The third kappa shape index (κ3) is 14.4. The van der Waals surface area contributed by atoms with Crippen molar-refractivity contribution >= 4 is 11.8 Å². The molecule has 0 unspecified atom stereocenters. The van der Waals surface area contributed by atoms with E-state index in [0.29, 0.717) is 52.8 Å². The largest absolute Gasteiger partial charge is 0.377 e. The van der Waals surface area contributed by atoms with Crippen molar-refractivity contribution in [2.75, 3.05) is 73.5 Å². The summed E-state index contributed by atoms with van der Waals surface area (Å²) in [5, 5.41) is 2.70. The number of ether oxygens (including phenoxy) is 4. The van der Waals surface area contributed by atoms with Crippen LogP contribution in [-0.2, 0) is 23.7 Å². The summed E-state index contributed by atoms with van der Waals surface area (Å²) in [6, 6.07) is -0.135. The molecule has 0 atom stereocenters. The molecule has 8 nitrogen and oxygen atoms in total. The van der Waals surface area contributed by atoms with Crippen molar-refractivity contribution in [3.8, 4) is 0 Å². The third-order valence-electron chi connectivity index (χ3n) is 2.93. The van der Waals surface area contributed by atoms with Crippen molar-refractivity contribution in [3.63, 3.8) is 0 Å². The van der Waals surface area contributed by atoms with Crippen LogP contribution in [0.5, 0.6) is 0 Å². The van der Waals surface area contributed by atoms with Gasteiger partial charge in [-0.05, 0) is 0 Å². The highest BCUT2D eigenvalue weighted by Gasteiger charge is 2.06. The molecule has 0 spiro atoms. The zero-order valence-corrected chi connectivity index (χ0v) is 15.3. The minimum absolute atomic E-state index is 0.00536. The van der Waals surface area contributed by atoms with E-state index >= 15 is 0 Å². The van der Waals surface area contributed by atoms with Crippen LogP contribution in [0.25, 0.3) is 0 Å². The Morgan fingerprint density at radius 2 is 1.29 bits per heavy atom. The molecule has 0 radical (unpaired) electrons. The van der Waals surface area contributed by atoms with Gasteiger partial charge in [-0.15, -0.1) is 0 Å². The van der Waals surface area contributed by atoms with Crippen molar-refractivity contribution in [1.29, 1.82) is 0 Å². The first-order valence-corrected chi connectivity index (χ1v) is 8.24. The van der Waals surface area contributed by atoms with Gasteiger partial charge in [0.1, 0.15) is 6.61 Å². The Kier molecular flexibility index (Phi) is 14.5. The molecule has 0 aliphatic heterocycles. The average Bonchev–Trinajstić information content (AvgIpc) is 2.54. The van der Waals surface area contributed by atoms with Gasteiger partial charge in [0.15, 0.2) is 5.78 Å². The predicted octanol–water partition coefficient (Wildman–Crippen LogP) is 0.549. The molecule has 0 aromatic carbocycles. The minimum Gasteiger partial charge on any atom is -0.377 e. The van der Waals surface area contributed by atoms with Crippen LogP contribution in [0, 0.1) is 5.92 Å². The standard InChI is InChI=1S/C16H32N2O6/c1-14(2)15(19)13-24-12-11-23-10-9-22-8-7-21-6-5-17-16(20)18(3)4/h14H,5-13H2,1-4H3,(H,17,20). The van der Waals surface area contributed by atoms with Crippen LogP contribution in [0.2, 0.25) is 0 Å². The Morgan fingerprint density at radius 1 is 0.833 bits per heavy atom. The molecule has 0 aliphatic carbocycles. The van der Waals surface area contributed by atoms with Crippen molar-refractivity contribution < 1.29 is 28.5 Å². The summed E-state index contributed by atoms with van der Waals surface area (Å²) in [5.74, 6) is 0.102. The Morgan fingerprint density at radius 3 is 1.75 bits per heavy atom. The maximum Gasteiger partial charge on any atom is 0.316 e. The monoisotopic (exact) mass is 348 g/mol. The van der Waals surface area contributed by atoms with E-state index in [4.69, 9.17) is 18.9 Å². The van der Waals surface area contributed by atoms with Gasteiger partial charge in [0.2, 0.25) is 0 Å². The first-order chi connectivity index (χ1) is 11.4. The Hall–Kier alpha value is -1.22. The van der Waals surface area contributed by atoms with E-state index in [1.807, 2.05) is 13.8 Å². The van der Waals surface area contributed by atoms with Gasteiger partial charge in [0.25, 0.3) is 0 Å². The number of carbonyl (C=O) groups excluding carboxylic acids is 2. The minimum atomic E-state index is -0.135. The van der Waals surface area contributed by atoms with Gasteiger partial charge >= 0.3 is 6.03 Å². The fraction of sp³-hybridized carbons (Fsp3) is 0.875. The van der Waals surface area contributed by atoms with Crippen LogP contribution in [0.4, 0.5) is 4.79 Å². The summed E-state index contributed by atoms with van der Waals surface area (Å²) in [5.41, 5.74) is 0. The van der Waals surface area contributed by atoms with Crippen LogP contribution in [-0.4, -0.2) is 90.2 Å². The molecule has 8 heteroatoms. The highest BCUT2D eigenvalue weighted by molar-refractivity contribution is 5.81. The van der Waals surface area contributed by atoms with Gasteiger partial charge in [0.05, 0.1) is 46.2 Å². The molecule has 0 aromatic heterocycles. The van der Waals surface area contributed by atoms with E-state index in [1.54, 1.807) is 14.1 Å². The van der Waals surface area contributed by atoms with Crippen LogP contribution in [0.15, 0.2) is 0 Å². The van der Waals surface area contributed by atoms with E-state index < -0.39 is 0 Å². The molecule has 0 saturated carbocycles. The SMILES string of the molecule is CC(C)C(=O)COCCOCCOCCOCCNC(=O)N(C)C. The maximum absolute atomic E-state index is 11.3. The smallest absolute Gasteiger partial charge is 0.316 e. The lowest BCUT2D eigenvalue weighted by Gasteiger charge is -2.12. The van der Waals surface area contributed by atoms with Gasteiger partial charge in [-0.25, -0.2) is 4.79 Å². The average molecular weight is 348 g/mol. The zero-order chi connectivity index (χ0) is 18.2. The highest BCUT2D eigenvalue weighted by Crippen LogP contribution is 1.94. The van der Waals surface area contributed by atoms with Crippen molar-refractivity contribution in [1.82, 2.24) is 10.2 Å². The first kappa shape index (κ1) is 22.8. The van der Waals surface area contributed by atoms with Crippen molar-refractivity contribution in [2.45, 2.75) is 13.8 Å². The molecule has 0 aliphatic rings. The van der Waals surface area contributed by atoms with Gasteiger partial charge < -0.3 is 29.2 Å². The number of hydrogen-bond acceptors (Lipinski definition) is 6. The summed E-state index contributed by atoms with van der Waals surface area (Å²) < 4.78 is 21.2. The fourth-order valence-corrected chi connectivity index (χ4v) is 1.39. The molecule has 0 saturated heterocycles. The number of urea groups is 1. The van der Waals surface area contributed by atoms with Gasteiger partial charge in [-0.2, -0.15) is 0 Å². The lowest BCUT2D eigenvalue weighted by molar-refractivity contribution is -0.127. The van der Waals surface area contributed by atoms with E-state index in [2.05, 4.69) is 5.32 Å². The third-order valence-corrected chi connectivity index (χ3v) is 2.93. The number of nitrogens with one attached hydrogen (secondary N) is 1. The topological polar surface area (TPSA) is 86.3 Å². The second kappa shape index (κ2) is 15.3. The summed E-state index contributed by atoms with van der Waals surface area (Å²) in [6.45, 7) is 7.51. The van der Waals surface area contributed by atoms with Crippen LogP contribution < -0.4 is 5.32 Å². The summed E-state index contributed by atoms with van der Waals surface area (Å²) in [4.78, 5) is 24.0.